The summed E-state index contributed by atoms with van der Waals surface area (Å²) in [5, 5.41) is 0. The van der Waals surface area contributed by atoms with Crippen molar-refractivity contribution in [1.82, 2.24) is 0 Å². The van der Waals surface area contributed by atoms with Crippen LogP contribution in [0.5, 0.6) is 0 Å². The van der Waals surface area contributed by atoms with Gasteiger partial charge in [-0.1, -0.05) is 324 Å². The quantitative estimate of drug-likeness (QED) is 0.0343. The van der Waals surface area contributed by atoms with Gasteiger partial charge in [0.05, 0.1) is 0 Å². The maximum Gasteiger partial charge on any atom is 0.306 e. The van der Waals surface area contributed by atoms with Crippen LogP contribution in [0, 0.1) is 17.8 Å². The highest BCUT2D eigenvalue weighted by molar-refractivity contribution is 5.71. The summed E-state index contributed by atoms with van der Waals surface area (Å²) in [6.45, 7) is 13.9. The summed E-state index contributed by atoms with van der Waals surface area (Å²) in [7, 11) is 0. The number of unbranched alkanes of at least 4 members (excludes halogenated alkanes) is 39. The van der Waals surface area contributed by atoms with Crippen molar-refractivity contribution in [3.8, 4) is 0 Å². The molecule has 0 amide bonds. The molecule has 0 spiro atoms. The number of rotatable bonds is 58. The molecule has 6 heteroatoms. The SMILES string of the molecule is CCC(C)CCCCCCCCCCCCCCCCCCCCC(=O)OC[C@H](COC(=O)CCCCCCCCCCC(C)CC)OC(=O)CCCCCCCCCCCCCCCCCCC(C)C. The van der Waals surface area contributed by atoms with Crippen LogP contribution >= 0.6 is 0 Å². The summed E-state index contributed by atoms with van der Waals surface area (Å²) in [4.78, 5) is 38.3. The van der Waals surface area contributed by atoms with Crippen molar-refractivity contribution in [1.29, 1.82) is 0 Å². The van der Waals surface area contributed by atoms with Crippen LogP contribution < -0.4 is 0 Å². The van der Waals surface area contributed by atoms with Gasteiger partial charge in [0.15, 0.2) is 6.10 Å². The van der Waals surface area contributed by atoms with E-state index in [-0.39, 0.29) is 31.1 Å². The zero-order valence-electron chi connectivity index (χ0n) is 49.0. The Morgan fingerprint density at radius 1 is 0.282 bits per heavy atom. The summed E-state index contributed by atoms with van der Waals surface area (Å²) in [5.74, 6) is 1.77. The zero-order chi connectivity index (χ0) is 51.9. The molecule has 0 rings (SSSR count). The van der Waals surface area contributed by atoms with Crippen molar-refractivity contribution in [2.24, 2.45) is 17.8 Å². The summed E-state index contributed by atoms with van der Waals surface area (Å²) < 4.78 is 16.9. The van der Waals surface area contributed by atoms with E-state index in [9.17, 15) is 14.4 Å². The van der Waals surface area contributed by atoms with Gasteiger partial charge in [0.25, 0.3) is 0 Å². The molecule has 0 aromatic heterocycles. The van der Waals surface area contributed by atoms with Gasteiger partial charge < -0.3 is 14.2 Å². The van der Waals surface area contributed by atoms with Crippen LogP contribution in [-0.2, 0) is 28.6 Å². The third-order valence-electron chi connectivity index (χ3n) is 15.6. The molecule has 0 aliphatic heterocycles. The highest BCUT2D eigenvalue weighted by atomic mass is 16.6. The number of esters is 3. The molecule has 2 unspecified atom stereocenters. The molecule has 3 atom stereocenters. The molecule has 0 saturated heterocycles. The molecule has 6 nitrogen and oxygen atoms in total. The molecule has 0 N–H and O–H groups in total. The maximum absolute atomic E-state index is 12.9. The van der Waals surface area contributed by atoms with Crippen molar-refractivity contribution >= 4 is 17.9 Å². The van der Waals surface area contributed by atoms with E-state index in [2.05, 4.69) is 41.5 Å². The largest absolute Gasteiger partial charge is 0.462 e. The van der Waals surface area contributed by atoms with Gasteiger partial charge >= 0.3 is 17.9 Å². The molecule has 0 bridgehead atoms. The van der Waals surface area contributed by atoms with Gasteiger partial charge in [0, 0.05) is 19.3 Å². The maximum atomic E-state index is 12.9. The lowest BCUT2D eigenvalue weighted by Crippen LogP contribution is -2.30. The summed E-state index contributed by atoms with van der Waals surface area (Å²) in [6, 6.07) is 0. The Bertz CT molecular complexity index is 1110. The minimum absolute atomic E-state index is 0.0630. The molecular formula is C65H126O6. The van der Waals surface area contributed by atoms with Gasteiger partial charge in [-0.25, -0.2) is 0 Å². The van der Waals surface area contributed by atoms with Crippen LogP contribution in [0.3, 0.4) is 0 Å². The Labute approximate surface area is 444 Å². The first-order valence-electron chi connectivity index (χ1n) is 32.2. The van der Waals surface area contributed by atoms with E-state index in [4.69, 9.17) is 14.2 Å². The number of carbonyl (C=O) groups excluding carboxylic acids is 3. The highest BCUT2D eigenvalue weighted by Gasteiger charge is 2.19. The summed E-state index contributed by atoms with van der Waals surface area (Å²) in [6.07, 6.45) is 61.0. The second-order valence-corrected chi connectivity index (χ2v) is 23.4. The van der Waals surface area contributed by atoms with E-state index in [0.717, 1.165) is 75.5 Å². The summed E-state index contributed by atoms with van der Waals surface area (Å²) in [5.41, 5.74) is 0. The number of hydrogen-bond donors (Lipinski definition) is 0. The van der Waals surface area contributed by atoms with Crippen LogP contribution in [0.1, 0.15) is 363 Å². The predicted octanol–water partition coefficient (Wildman–Crippen LogP) is 21.5. The first-order chi connectivity index (χ1) is 34.7. The topological polar surface area (TPSA) is 78.9 Å². The summed E-state index contributed by atoms with van der Waals surface area (Å²) >= 11 is 0. The number of carbonyl (C=O) groups is 3. The van der Waals surface area contributed by atoms with E-state index >= 15 is 0 Å². The van der Waals surface area contributed by atoms with Gasteiger partial charge in [0.1, 0.15) is 13.2 Å². The van der Waals surface area contributed by atoms with Crippen LogP contribution in [0.15, 0.2) is 0 Å². The third-order valence-corrected chi connectivity index (χ3v) is 15.6. The third kappa shape index (κ3) is 56.0. The smallest absolute Gasteiger partial charge is 0.306 e. The molecule has 0 saturated carbocycles. The Hall–Kier alpha value is -1.59. The van der Waals surface area contributed by atoms with Crippen molar-refractivity contribution in [3.05, 3.63) is 0 Å². The molecule has 0 aliphatic rings. The molecule has 71 heavy (non-hydrogen) atoms. The molecule has 0 aliphatic carbocycles. The van der Waals surface area contributed by atoms with Crippen molar-refractivity contribution in [2.45, 2.75) is 369 Å². The molecule has 0 aromatic rings. The fraction of sp³-hybridized carbons (Fsp3) is 0.954. The van der Waals surface area contributed by atoms with E-state index < -0.39 is 6.10 Å². The molecule has 422 valence electrons. The first kappa shape index (κ1) is 69.4. The minimum atomic E-state index is -0.765. The van der Waals surface area contributed by atoms with E-state index in [1.54, 1.807) is 0 Å². The normalized spacial score (nSPS) is 12.9. The Morgan fingerprint density at radius 3 is 0.732 bits per heavy atom. The van der Waals surface area contributed by atoms with Crippen molar-refractivity contribution in [2.75, 3.05) is 13.2 Å². The van der Waals surface area contributed by atoms with E-state index in [0.29, 0.717) is 19.3 Å². The van der Waals surface area contributed by atoms with Crippen molar-refractivity contribution < 1.29 is 28.6 Å². The Kier molecular flexibility index (Phi) is 54.9. The van der Waals surface area contributed by atoms with E-state index in [1.807, 2.05) is 0 Å². The fourth-order valence-electron chi connectivity index (χ4n) is 10.00. The second kappa shape index (κ2) is 56.1. The molecule has 0 aromatic carbocycles. The molecule has 0 heterocycles. The molecule has 0 fully saturated rings. The number of ether oxygens (including phenoxy) is 3. The van der Waals surface area contributed by atoms with Gasteiger partial charge in [-0.15, -0.1) is 0 Å². The fourth-order valence-corrected chi connectivity index (χ4v) is 10.00. The van der Waals surface area contributed by atoms with Crippen LogP contribution in [-0.4, -0.2) is 37.2 Å². The Balaban J connectivity index is 4.24. The lowest BCUT2D eigenvalue weighted by atomic mass is 9.99. The van der Waals surface area contributed by atoms with E-state index in [1.165, 1.54) is 244 Å². The molecular weight excluding hydrogens is 877 g/mol. The monoisotopic (exact) mass is 1000 g/mol. The van der Waals surface area contributed by atoms with Crippen molar-refractivity contribution in [3.63, 3.8) is 0 Å². The van der Waals surface area contributed by atoms with Gasteiger partial charge in [-0.2, -0.15) is 0 Å². The lowest BCUT2D eigenvalue weighted by Gasteiger charge is -2.18. The standard InChI is InChI=1S/C65H126O6/c1-7-60(5)52-46-40-34-28-24-20-16-11-9-10-12-17-21-25-29-36-42-48-54-63(66)69-57-62(58-70-64(67)55-49-43-37-32-31-35-41-47-53-61(6)8-2)71-65(68)56-50-44-38-30-26-22-18-14-13-15-19-23-27-33-39-45-51-59(3)4/h59-62H,7-58H2,1-6H3/t60?,61?,62-/m1/s1. The number of hydrogen-bond acceptors (Lipinski definition) is 6. The van der Waals surface area contributed by atoms with Gasteiger partial charge in [-0.05, 0) is 37.0 Å². The second-order valence-electron chi connectivity index (χ2n) is 23.4. The van der Waals surface area contributed by atoms with Gasteiger partial charge in [-0.3, -0.25) is 14.4 Å². The highest BCUT2D eigenvalue weighted by Crippen LogP contribution is 2.20. The predicted molar refractivity (Wildman–Crippen MR) is 307 cm³/mol. The zero-order valence-corrected chi connectivity index (χ0v) is 49.0. The first-order valence-corrected chi connectivity index (χ1v) is 32.2. The van der Waals surface area contributed by atoms with Crippen LogP contribution in [0.2, 0.25) is 0 Å². The molecule has 0 radical (unpaired) electrons. The average Bonchev–Trinajstić information content (AvgIpc) is 3.36. The average molecular weight is 1000 g/mol. The van der Waals surface area contributed by atoms with Crippen LogP contribution in [0.4, 0.5) is 0 Å². The van der Waals surface area contributed by atoms with Gasteiger partial charge in [0.2, 0.25) is 0 Å². The Morgan fingerprint density at radius 2 is 0.493 bits per heavy atom. The van der Waals surface area contributed by atoms with Crippen LogP contribution in [0.25, 0.3) is 0 Å². The lowest BCUT2D eigenvalue weighted by molar-refractivity contribution is -0.167. The minimum Gasteiger partial charge on any atom is -0.462 e.